The van der Waals surface area contributed by atoms with Gasteiger partial charge in [0.1, 0.15) is 6.04 Å². The van der Waals surface area contributed by atoms with Gasteiger partial charge in [-0.3, -0.25) is 9.69 Å². The van der Waals surface area contributed by atoms with Gasteiger partial charge in [-0.2, -0.15) is 0 Å². The molecule has 3 heteroatoms. The Bertz CT molecular complexity index is 244. The average molecular weight is 195 g/mol. The van der Waals surface area contributed by atoms with Crippen LogP contribution in [0.4, 0.5) is 0 Å². The molecule has 2 bridgehead atoms. The van der Waals surface area contributed by atoms with Crippen LogP contribution in [0.3, 0.4) is 0 Å². The normalized spacial score (nSPS) is 34.0. The van der Waals surface area contributed by atoms with Crippen molar-refractivity contribution in [3.05, 3.63) is 12.7 Å². The molecule has 0 aromatic heterocycles. The summed E-state index contributed by atoms with van der Waals surface area (Å²) in [7, 11) is 0. The lowest BCUT2D eigenvalue weighted by Crippen LogP contribution is -2.54. The summed E-state index contributed by atoms with van der Waals surface area (Å²) in [4.78, 5) is 13.1. The van der Waals surface area contributed by atoms with Gasteiger partial charge in [0.05, 0.1) is 0 Å². The zero-order valence-electron chi connectivity index (χ0n) is 8.35. The lowest BCUT2D eigenvalue weighted by molar-refractivity contribution is -0.144. The van der Waals surface area contributed by atoms with Gasteiger partial charge in [-0.15, -0.1) is 6.58 Å². The number of rotatable bonds is 3. The van der Waals surface area contributed by atoms with E-state index in [0.717, 1.165) is 12.5 Å². The molecule has 3 aliphatic rings. The minimum absolute atomic E-state index is 0.469. The molecule has 1 unspecified atom stereocenters. The second-order valence-corrected chi connectivity index (χ2v) is 4.39. The monoisotopic (exact) mass is 195 g/mol. The van der Waals surface area contributed by atoms with Crippen LogP contribution >= 0.6 is 0 Å². The molecule has 2 heterocycles. The smallest absolute Gasteiger partial charge is 0.324 e. The molecule has 0 radical (unpaired) electrons. The third kappa shape index (κ3) is 1.57. The van der Waals surface area contributed by atoms with E-state index >= 15 is 0 Å². The maximum Gasteiger partial charge on any atom is 0.324 e. The minimum Gasteiger partial charge on any atom is -0.480 e. The lowest BCUT2D eigenvalue weighted by atomic mass is 9.79. The first-order chi connectivity index (χ1) is 6.72. The Kier molecular flexibility index (Phi) is 2.59. The molecule has 1 aliphatic carbocycles. The van der Waals surface area contributed by atoms with Gasteiger partial charge < -0.3 is 5.11 Å². The van der Waals surface area contributed by atoms with E-state index in [2.05, 4.69) is 11.5 Å². The second kappa shape index (κ2) is 3.73. The fraction of sp³-hybridized carbons (Fsp3) is 0.727. The largest absolute Gasteiger partial charge is 0.480 e. The molecule has 78 valence electrons. The van der Waals surface area contributed by atoms with Crippen LogP contribution in [0.15, 0.2) is 12.7 Å². The number of hydrogen-bond acceptors (Lipinski definition) is 2. The molecule has 3 rings (SSSR count). The number of nitrogens with zero attached hydrogens (tertiary/aromatic N) is 1. The number of carbonyl (C=O) groups is 1. The Balaban J connectivity index is 2.10. The summed E-state index contributed by atoms with van der Waals surface area (Å²) in [5, 5.41) is 9.04. The van der Waals surface area contributed by atoms with Gasteiger partial charge in [-0.25, -0.2) is 0 Å². The number of hydrogen-bond donors (Lipinski definition) is 1. The highest BCUT2D eigenvalue weighted by Crippen LogP contribution is 2.36. The fourth-order valence-electron chi connectivity index (χ4n) is 2.83. The van der Waals surface area contributed by atoms with Crippen molar-refractivity contribution >= 4 is 5.97 Å². The summed E-state index contributed by atoms with van der Waals surface area (Å²) in [6.45, 7) is 4.57. The van der Waals surface area contributed by atoms with Gasteiger partial charge in [0, 0.05) is 12.6 Å². The quantitative estimate of drug-likeness (QED) is 0.694. The van der Waals surface area contributed by atoms with Crippen molar-refractivity contribution < 1.29 is 9.90 Å². The molecule has 1 N–H and O–H groups in total. The number of fused-ring (bicyclic) bond motifs is 3. The van der Waals surface area contributed by atoms with E-state index in [4.69, 9.17) is 5.11 Å². The molecular weight excluding hydrogens is 178 g/mol. The second-order valence-electron chi connectivity index (χ2n) is 4.39. The Labute approximate surface area is 84.4 Å². The summed E-state index contributed by atoms with van der Waals surface area (Å²) >= 11 is 0. The lowest BCUT2D eigenvalue weighted by Gasteiger charge is -2.47. The maximum atomic E-state index is 11.0. The van der Waals surface area contributed by atoms with Gasteiger partial charge in [-0.05, 0) is 31.6 Å². The Morgan fingerprint density at radius 2 is 2.07 bits per heavy atom. The number of piperidine rings is 2. The van der Waals surface area contributed by atoms with E-state index in [9.17, 15) is 4.79 Å². The highest BCUT2D eigenvalue weighted by atomic mass is 16.4. The molecule has 0 amide bonds. The SMILES string of the molecule is C=CC(C(=O)O)N1CC2CCC1CC2. The van der Waals surface area contributed by atoms with Crippen LogP contribution in [0.5, 0.6) is 0 Å². The molecular formula is C11H17NO2. The molecule has 1 atom stereocenters. The molecule has 1 saturated carbocycles. The number of carboxylic acid groups (broad SMARTS) is 1. The van der Waals surface area contributed by atoms with Crippen molar-refractivity contribution in [1.82, 2.24) is 4.90 Å². The Morgan fingerprint density at radius 1 is 1.43 bits per heavy atom. The van der Waals surface area contributed by atoms with Crippen molar-refractivity contribution in [3.63, 3.8) is 0 Å². The minimum atomic E-state index is -0.757. The zero-order chi connectivity index (χ0) is 10.1. The number of carboxylic acids is 1. The molecule has 0 aromatic rings. The molecule has 2 saturated heterocycles. The van der Waals surface area contributed by atoms with E-state index in [1.165, 1.54) is 25.7 Å². The summed E-state index contributed by atoms with van der Waals surface area (Å²) in [6.07, 6.45) is 6.46. The molecule has 3 nitrogen and oxygen atoms in total. The third-order valence-corrected chi connectivity index (χ3v) is 3.59. The molecule has 0 spiro atoms. The van der Waals surface area contributed by atoms with Crippen molar-refractivity contribution in [2.24, 2.45) is 5.92 Å². The molecule has 2 aliphatic heterocycles. The van der Waals surface area contributed by atoms with E-state index in [1.54, 1.807) is 6.08 Å². The molecule has 0 aromatic carbocycles. The third-order valence-electron chi connectivity index (χ3n) is 3.59. The topological polar surface area (TPSA) is 40.5 Å². The van der Waals surface area contributed by atoms with Gasteiger partial charge >= 0.3 is 5.97 Å². The maximum absolute atomic E-state index is 11.0. The van der Waals surface area contributed by atoms with Gasteiger partial charge in [0.15, 0.2) is 0 Å². The van der Waals surface area contributed by atoms with Crippen LogP contribution in [0, 0.1) is 5.92 Å². The van der Waals surface area contributed by atoms with Crippen molar-refractivity contribution in [2.45, 2.75) is 37.8 Å². The highest BCUT2D eigenvalue weighted by Gasteiger charge is 2.38. The van der Waals surface area contributed by atoms with Crippen LogP contribution < -0.4 is 0 Å². The first kappa shape index (κ1) is 9.71. The van der Waals surface area contributed by atoms with Crippen LogP contribution in [0.25, 0.3) is 0 Å². The van der Waals surface area contributed by atoms with E-state index in [-0.39, 0.29) is 0 Å². The van der Waals surface area contributed by atoms with E-state index < -0.39 is 12.0 Å². The standard InChI is InChI=1S/C11H17NO2/c1-2-10(11(13)14)12-7-8-3-5-9(12)6-4-8/h2,8-10H,1,3-7H2,(H,13,14). The van der Waals surface area contributed by atoms with E-state index in [1.807, 2.05) is 0 Å². The highest BCUT2D eigenvalue weighted by molar-refractivity contribution is 5.75. The Morgan fingerprint density at radius 3 is 2.43 bits per heavy atom. The van der Waals surface area contributed by atoms with Crippen LogP contribution in [0.2, 0.25) is 0 Å². The van der Waals surface area contributed by atoms with E-state index in [0.29, 0.717) is 6.04 Å². The summed E-state index contributed by atoms with van der Waals surface area (Å²) in [6, 6.07) is 0.0159. The van der Waals surface area contributed by atoms with Gasteiger partial charge in [0.25, 0.3) is 0 Å². The van der Waals surface area contributed by atoms with Gasteiger partial charge in [0.2, 0.25) is 0 Å². The average Bonchev–Trinajstić information content (AvgIpc) is 2.20. The van der Waals surface area contributed by atoms with Gasteiger partial charge in [-0.1, -0.05) is 6.08 Å². The molecule has 14 heavy (non-hydrogen) atoms. The first-order valence-corrected chi connectivity index (χ1v) is 5.33. The number of aliphatic carboxylic acids is 1. The predicted octanol–water partition coefficient (Wildman–Crippen LogP) is 1.50. The summed E-state index contributed by atoms with van der Waals surface area (Å²) in [5.41, 5.74) is 0. The van der Waals surface area contributed by atoms with Crippen molar-refractivity contribution in [1.29, 1.82) is 0 Å². The summed E-state index contributed by atoms with van der Waals surface area (Å²) in [5.74, 6) is -0.0330. The Hall–Kier alpha value is -0.830. The predicted molar refractivity (Wildman–Crippen MR) is 54.1 cm³/mol. The van der Waals surface area contributed by atoms with Crippen LogP contribution in [-0.4, -0.2) is 34.6 Å². The first-order valence-electron chi connectivity index (χ1n) is 5.33. The fourth-order valence-corrected chi connectivity index (χ4v) is 2.83. The van der Waals surface area contributed by atoms with Crippen LogP contribution in [-0.2, 0) is 4.79 Å². The summed E-state index contributed by atoms with van der Waals surface area (Å²) < 4.78 is 0. The van der Waals surface area contributed by atoms with Crippen molar-refractivity contribution in [2.75, 3.05) is 6.54 Å². The van der Waals surface area contributed by atoms with Crippen LogP contribution in [0.1, 0.15) is 25.7 Å². The zero-order valence-corrected chi connectivity index (χ0v) is 8.35. The van der Waals surface area contributed by atoms with Crippen molar-refractivity contribution in [3.8, 4) is 0 Å². The molecule has 3 fully saturated rings.